The molecule has 1 fully saturated rings. The summed E-state index contributed by atoms with van der Waals surface area (Å²) < 4.78 is 27.3. The van der Waals surface area contributed by atoms with Gasteiger partial charge in [0.2, 0.25) is 10.0 Å². The first kappa shape index (κ1) is 22.7. The second kappa shape index (κ2) is 10.4. The van der Waals surface area contributed by atoms with E-state index in [4.69, 9.17) is 0 Å². The van der Waals surface area contributed by atoms with E-state index in [0.717, 1.165) is 38.0 Å². The van der Waals surface area contributed by atoms with E-state index in [1.54, 1.807) is 7.05 Å². The Bertz CT molecular complexity index is 1030. The van der Waals surface area contributed by atoms with Gasteiger partial charge in [0, 0.05) is 45.4 Å². The third-order valence-corrected chi connectivity index (χ3v) is 6.66. The Labute approximate surface area is 182 Å². The number of nitro benzene ring substituents is 1. The van der Waals surface area contributed by atoms with E-state index in [1.807, 2.05) is 6.07 Å². The minimum Gasteiger partial charge on any atom is -0.355 e. The SMILES string of the molecule is CN=C(NCCNS(=O)(=O)c1cccc([N+](=O)[O-])c1)N1CCC(Cc2ccccc2)C1. The molecule has 1 saturated heterocycles. The topological polar surface area (TPSA) is 117 Å². The van der Waals surface area contributed by atoms with Gasteiger partial charge in [-0.3, -0.25) is 15.1 Å². The van der Waals surface area contributed by atoms with Crippen LogP contribution >= 0.6 is 0 Å². The standard InChI is InChI=1S/C21H27N5O4S/c1-22-21(25-13-10-18(16-25)14-17-6-3-2-4-7-17)23-11-12-24-31(29,30)20-9-5-8-19(15-20)26(27)28/h2-9,15,18,24H,10-14,16H2,1H3,(H,22,23). The maximum absolute atomic E-state index is 12.4. The highest BCUT2D eigenvalue weighted by molar-refractivity contribution is 7.89. The monoisotopic (exact) mass is 445 g/mol. The molecule has 0 aliphatic carbocycles. The van der Waals surface area contributed by atoms with E-state index in [9.17, 15) is 18.5 Å². The van der Waals surface area contributed by atoms with Gasteiger partial charge in [-0.05, 0) is 30.4 Å². The Morgan fingerprint density at radius 1 is 1.19 bits per heavy atom. The molecule has 31 heavy (non-hydrogen) atoms. The molecule has 1 atom stereocenters. The summed E-state index contributed by atoms with van der Waals surface area (Å²) in [6, 6.07) is 15.4. The minimum atomic E-state index is -3.83. The first-order valence-electron chi connectivity index (χ1n) is 10.1. The van der Waals surface area contributed by atoms with Gasteiger partial charge in [0.05, 0.1) is 9.82 Å². The zero-order chi connectivity index (χ0) is 22.3. The number of nitrogens with one attached hydrogen (secondary N) is 2. The number of hydrogen-bond acceptors (Lipinski definition) is 5. The molecule has 0 spiro atoms. The van der Waals surface area contributed by atoms with Crippen LogP contribution in [0.2, 0.25) is 0 Å². The zero-order valence-corrected chi connectivity index (χ0v) is 18.2. The summed E-state index contributed by atoms with van der Waals surface area (Å²) in [5, 5.41) is 14.1. The number of nitrogens with zero attached hydrogens (tertiary/aromatic N) is 3. The van der Waals surface area contributed by atoms with Gasteiger partial charge in [0.25, 0.3) is 5.69 Å². The van der Waals surface area contributed by atoms with Crippen molar-refractivity contribution in [3.63, 3.8) is 0 Å². The molecule has 0 radical (unpaired) electrons. The second-order valence-electron chi connectivity index (χ2n) is 7.42. The van der Waals surface area contributed by atoms with Crippen LogP contribution in [0.1, 0.15) is 12.0 Å². The molecule has 3 rings (SSSR count). The molecule has 1 unspecified atom stereocenters. The Balaban J connectivity index is 1.47. The highest BCUT2D eigenvalue weighted by Crippen LogP contribution is 2.21. The van der Waals surface area contributed by atoms with Crippen LogP contribution in [-0.2, 0) is 16.4 Å². The minimum absolute atomic E-state index is 0.130. The molecular weight excluding hydrogens is 418 g/mol. The molecule has 2 aromatic carbocycles. The molecule has 0 aromatic heterocycles. The van der Waals surface area contributed by atoms with Crippen LogP contribution in [0, 0.1) is 16.0 Å². The molecule has 1 heterocycles. The lowest BCUT2D eigenvalue weighted by atomic mass is 9.99. The van der Waals surface area contributed by atoms with Crippen molar-refractivity contribution in [2.75, 3.05) is 33.2 Å². The van der Waals surface area contributed by atoms with Crippen molar-refractivity contribution in [1.82, 2.24) is 14.9 Å². The third-order valence-electron chi connectivity index (χ3n) is 5.20. The summed E-state index contributed by atoms with van der Waals surface area (Å²) in [7, 11) is -2.12. The summed E-state index contributed by atoms with van der Waals surface area (Å²) in [6.07, 6.45) is 2.10. The predicted molar refractivity (Wildman–Crippen MR) is 119 cm³/mol. The lowest BCUT2D eigenvalue weighted by Crippen LogP contribution is -2.43. The maximum Gasteiger partial charge on any atom is 0.270 e. The molecular formula is C21H27N5O4S. The number of aliphatic imine (C=N–C) groups is 1. The highest BCUT2D eigenvalue weighted by Gasteiger charge is 2.25. The third kappa shape index (κ3) is 6.25. The number of benzene rings is 2. The lowest BCUT2D eigenvalue weighted by Gasteiger charge is -2.22. The molecule has 0 saturated carbocycles. The number of likely N-dealkylation sites (tertiary alicyclic amines) is 1. The van der Waals surface area contributed by atoms with E-state index in [-0.39, 0.29) is 17.1 Å². The van der Waals surface area contributed by atoms with Crippen LogP contribution in [0.5, 0.6) is 0 Å². The molecule has 10 heteroatoms. The van der Waals surface area contributed by atoms with Crippen molar-refractivity contribution in [3.05, 3.63) is 70.3 Å². The second-order valence-corrected chi connectivity index (χ2v) is 9.18. The van der Waals surface area contributed by atoms with E-state index in [2.05, 4.69) is 44.2 Å². The van der Waals surface area contributed by atoms with Gasteiger partial charge in [0.1, 0.15) is 0 Å². The fourth-order valence-corrected chi connectivity index (χ4v) is 4.75. The lowest BCUT2D eigenvalue weighted by molar-refractivity contribution is -0.385. The Morgan fingerprint density at radius 3 is 2.68 bits per heavy atom. The van der Waals surface area contributed by atoms with Gasteiger partial charge in [-0.25, -0.2) is 13.1 Å². The molecule has 2 N–H and O–H groups in total. The van der Waals surface area contributed by atoms with Crippen LogP contribution in [0.25, 0.3) is 0 Å². The average molecular weight is 446 g/mol. The highest BCUT2D eigenvalue weighted by atomic mass is 32.2. The van der Waals surface area contributed by atoms with Gasteiger partial charge >= 0.3 is 0 Å². The van der Waals surface area contributed by atoms with Crippen LogP contribution in [-0.4, -0.2) is 57.4 Å². The Morgan fingerprint density at radius 2 is 1.97 bits per heavy atom. The van der Waals surface area contributed by atoms with Crippen molar-refractivity contribution in [1.29, 1.82) is 0 Å². The van der Waals surface area contributed by atoms with Gasteiger partial charge in [-0.1, -0.05) is 36.4 Å². The van der Waals surface area contributed by atoms with Gasteiger partial charge < -0.3 is 10.2 Å². The first-order chi connectivity index (χ1) is 14.9. The van der Waals surface area contributed by atoms with Crippen molar-refractivity contribution >= 4 is 21.7 Å². The molecule has 1 aliphatic heterocycles. The summed E-state index contributed by atoms with van der Waals surface area (Å²) >= 11 is 0. The summed E-state index contributed by atoms with van der Waals surface area (Å²) in [5.41, 5.74) is 1.06. The number of sulfonamides is 1. The maximum atomic E-state index is 12.4. The molecule has 0 amide bonds. The Hall–Kier alpha value is -2.98. The fourth-order valence-electron chi connectivity index (χ4n) is 3.68. The molecule has 0 bridgehead atoms. The van der Waals surface area contributed by atoms with Gasteiger partial charge in [-0.15, -0.1) is 0 Å². The van der Waals surface area contributed by atoms with Crippen LogP contribution in [0.4, 0.5) is 5.69 Å². The average Bonchev–Trinajstić information content (AvgIpc) is 3.22. The summed E-state index contributed by atoms with van der Waals surface area (Å²) in [5.74, 6) is 1.29. The van der Waals surface area contributed by atoms with E-state index in [1.165, 1.54) is 23.8 Å². The van der Waals surface area contributed by atoms with Crippen molar-refractivity contribution in [2.24, 2.45) is 10.9 Å². The number of rotatable bonds is 8. The molecule has 2 aromatic rings. The van der Waals surface area contributed by atoms with E-state index in [0.29, 0.717) is 12.5 Å². The van der Waals surface area contributed by atoms with Crippen LogP contribution in [0.15, 0.2) is 64.5 Å². The number of non-ortho nitro benzene ring substituents is 1. The van der Waals surface area contributed by atoms with Crippen molar-refractivity contribution in [3.8, 4) is 0 Å². The van der Waals surface area contributed by atoms with Gasteiger partial charge in [-0.2, -0.15) is 0 Å². The quantitative estimate of drug-likeness (QED) is 0.211. The number of nitro groups is 1. The molecule has 166 valence electrons. The first-order valence-corrected chi connectivity index (χ1v) is 11.6. The summed E-state index contributed by atoms with van der Waals surface area (Å²) in [4.78, 5) is 16.6. The van der Waals surface area contributed by atoms with Crippen LogP contribution in [0.3, 0.4) is 0 Å². The van der Waals surface area contributed by atoms with Crippen molar-refractivity contribution in [2.45, 2.75) is 17.7 Å². The normalized spacial score (nSPS) is 17.0. The number of guanidine groups is 1. The van der Waals surface area contributed by atoms with E-state index >= 15 is 0 Å². The predicted octanol–water partition coefficient (Wildman–Crippen LogP) is 2.01. The fraction of sp³-hybridized carbons (Fsp3) is 0.381. The zero-order valence-electron chi connectivity index (χ0n) is 17.4. The molecule has 1 aliphatic rings. The van der Waals surface area contributed by atoms with Crippen LogP contribution < -0.4 is 10.0 Å². The Kier molecular flexibility index (Phi) is 7.59. The largest absolute Gasteiger partial charge is 0.355 e. The smallest absolute Gasteiger partial charge is 0.270 e. The van der Waals surface area contributed by atoms with E-state index < -0.39 is 14.9 Å². The molecule has 9 nitrogen and oxygen atoms in total. The summed E-state index contributed by atoms with van der Waals surface area (Å²) in [6.45, 7) is 2.27. The number of hydrogen-bond donors (Lipinski definition) is 2. The van der Waals surface area contributed by atoms with Gasteiger partial charge in [0.15, 0.2) is 5.96 Å². The van der Waals surface area contributed by atoms with Crippen molar-refractivity contribution < 1.29 is 13.3 Å².